The standard InChI is InChI=1S/C14H25NO/c1-4-15-13(12-8-6-10-16-12)11-7-5-9-14(11,2)3/h8,11,13,15H,4-7,9-10H2,1-3H3. The van der Waals surface area contributed by atoms with E-state index in [-0.39, 0.29) is 0 Å². The van der Waals surface area contributed by atoms with Crippen molar-refractivity contribution >= 4 is 0 Å². The Morgan fingerprint density at radius 2 is 2.38 bits per heavy atom. The third-order valence-corrected chi connectivity index (χ3v) is 4.21. The van der Waals surface area contributed by atoms with Gasteiger partial charge in [0.1, 0.15) is 5.76 Å². The van der Waals surface area contributed by atoms with Crippen LogP contribution in [0, 0.1) is 11.3 Å². The minimum absolute atomic E-state index is 0.449. The summed E-state index contributed by atoms with van der Waals surface area (Å²) >= 11 is 0. The number of hydrogen-bond donors (Lipinski definition) is 1. The van der Waals surface area contributed by atoms with Crippen LogP contribution < -0.4 is 5.32 Å². The number of likely N-dealkylation sites (N-methyl/N-ethyl adjacent to an activating group) is 1. The molecule has 1 fully saturated rings. The van der Waals surface area contributed by atoms with Crippen LogP contribution in [0.15, 0.2) is 11.8 Å². The minimum atomic E-state index is 0.449. The molecule has 1 aliphatic heterocycles. The average molecular weight is 223 g/mol. The van der Waals surface area contributed by atoms with Crippen molar-refractivity contribution < 1.29 is 4.74 Å². The van der Waals surface area contributed by atoms with Crippen LogP contribution in [-0.2, 0) is 4.74 Å². The number of nitrogens with one attached hydrogen (secondary N) is 1. The molecule has 0 aromatic heterocycles. The summed E-state index contributed by atoms with van der Waals surface area (Å²) in [5, 5.41) is 3.63. The van der Waals surface area contributed by atoms with E-state index >= 15 is 0 Å². The van der Waals surface area contributed by atoms with E-state index in [1.54, 1.807) is 0 Å². The first kappa shape index (κ1) is 12.0. The van der Waals surface area contributed by atoms with Gasteiger partial charge in [-0.2, -0.15) is 0 Å². The van der Waals surface area contributed by atoms with Crippen molar-refractivity contribution in [1.82, 2.24) is 5.32 Å². The third kappa shape index (κ3) is 2.27. The van der Waals surface area contributed by atoms with Crippen molar-refractivity contribution in [1.29, 1.82) is 0 Å². The SMILES string of the molecule is CCNC(C1=CCCO1)C1CCCC1(C)C. The van der Waals surface area contributed by atoms with E-state index in [1.165, 1.54) is 25.0 Å². The monoisotopic (exact) mass is 223 g/mol. The Balaban J connectivity index is 2.12. The summed E-state index contributed by atoms with van der Waals surface area (Å²) in [5.74, 6) is 1.94. The Hall–Kier alpha value is -0.500. The molecule has 0 aromatic carbocycles. The highest BCUT2D eigenvalue weighted by molar-refractivity contribution is 5.12. The lowest BCUT2D eigenvalue weighted by molar-refractivity contribution is 0.148. The molecule has 1 heterocycles. The predicted molar refractivity (Wildman–Crippen MR) is 67.2 cm³/mol. The molecule has 0 amide bonds. The Morgan fingerprint density at radius 3 is 2.88 bits per heavy atom. The topological polar surface area (TPSA) is 21.3 Å². The van der Waals surface area contributed by atoms with Crippen molar-refractivity contribution in [3.05, 3.63) is 11.8 Å². The summed E-state index contributed by atoms with van der Waals surface area (Å²) in [4.78, 5) is 0. The highest BCUT2D eigenvalue weighted by atomic mass is 16.5. The van der Waals surface area contributed by atoms with Gasteiger partial charge in [-0.3, -0.25) is 0 Å². The Bertz CT molecular complexity index is 270. The van der Waals surface area contributed by atoms with Gasteiger partial charge in [0.05, 0.1) is 12.6 Å². The molecule has 1 aliphatic carbocycles. The highest BCUT2D eigenvalue weighted by Crippen LogP contribution is 2.46. The normalized spacial score (nSPS) is 29.9. The molecule has 2 heteroatoms. The van der Waals surface area contributed by atoms with Gasteiger partial charge in [0.2, 0.25) is 0 Å². The van der Waals surface area contributed by atoms with Gasteiger partial charge < -0.3 is 10.1 Å². The van der Waals surface area contributed by atoms with Crippen LogP contribution in [0.3, 0.4) is 0 Å². The molecule has 2 aliphatic rings. The number of rotatable bonds is 4. The lowest BCUT2D eigenvalue weighted by atomic mass is 9.77. The largest absolute Gasteiger partial charge is 0.496 e. The first-order valence-corrected chi connectivity index (χ1v) is 6.71. The van der Waals surface area contributed by atoms with Crippen LogP contribution in [0.4, 0.5) is 0 Å². The summed E-state index contributed by atoms with van der Waals surface area (Å²) in [6.07, 6.45) is 7.43. The molecule has 16 heavy (non-hydrogen) atoms. The van der Waals surface area contributed by atoms with E-state index in [2.05, 4.69) is 32.2 Å². The van der Waals surface area contributed by atoms with Crippen LogP contribution in [0.25, 0.3) is 0 Å². The predicted octanol–water partition coefficient (Wildman–Crippen LogP) is 3.10. The molecule has 2 atom stereocenters. The number of hydrogen-bond acceptors (Lipinski definition) is 2. The van der Waals surface area contributed by atoms with Gasteiger partial charge in [-0.05, 0) is 36.8 Å². The lowest BCUT2D eigenvalue weighted by Crippen LogP contribution is -2.42. The zero-order valence-electron chi connectivity index (χ0n) is 10.9. The summed E-state index contributed by atoms with van der Waals surface area (Å²) in [6, 6.07) is 0.449. The van der Waals surface area contributed by atoms with Gasteiger partial charge in [0, 0.05) is 6.42 Å². The van der Waals surface area contributed by atoms with Crippen LogP contribution in [0.5, 0.6) is 0 Å². The summed E-state index contributed by atoms with van der Waals surface area (Å²) in [7, 11) is 0. The second-order valence-corrected chi connectivity index (χ2v) is 5.77. The van der Waals surface area contributed by atoms with E-state index in [9.17, 15) is 0 Å². The Labute approximate surface area is 99.4 Å². The van der Waals surface area contributed by atoms with Crippen LogP contribution in [0.1, 0.15) is 46.5 Å². The van der Waals surface area contributed by atoms with Gasteiger partial charge in [0.15, 0.2) is 0 Å². The minimum Gasteiger partial charge on any atom is -0.496 e. The Morgan fingerprint density at radius 1 is 1.56 bits per heavy atom. The molecule has 2 unspecified atom stereocenters. The van der Waals surface area contributed by atoms with Crippen molar-refractivity contribution in [2.45, 2.75) is 52.5 Å². The fourth-order valence-corrected chi connectivity index (χ4v) is 3.29. The molecule has 0 bridgehead atoms. The van der Waals surface area contributed by atoms with Crippen molar-refractivity contribution in [3.8, 4) is 0 Å². The highest BCUT2D eigenvalue weighted by Gasteiger charge is 2.41. The van der Waals surface area contributed by atoms with Crippen molar-refractivity contribution in [2.24, 2.45) is 11.3 Å². The first-order chi connectivity index (χ1) is 7.65. The lowest BCUT2D eigenvalue weighted by Gasteiger charge is -2.35. The van der Waals surface area contributed by atoms with Crippen LogP contribution in [0.2, 0.25) is 0 Å². The van der Waals surface area contributed by atoms with Crippen LogP contribution >= 0.6 is 0 Å². The fourth-order valence-electron chi connectivity index (χ4n) is 3.29. The second-order valence-electron chi connectivity index (χ2n) is 5.77. The van der Waals surface area contributed by atoms with E-state index in [4.69, 9.17) is 4.74 Å². The van der Waals surface area contributed by atoms with Gasteiger partial charge >= 0.3 is 0 Å². The van der Waals surface area contributed by atoms with Gasteiger partial charge in [0.25, 0.3) is 0 Å². The third-order valence-electron chi connectivity index (χ3n) is 4.21. The molecule has 2 rings (SSSR count). The molecule has 92 valence electrons. The molecule has 0 aromatic rings. The van der Waals surface area contributed by atoms with Gasteiger partial charge in [-0.15, -0.1) is 0 Å². The summed E-state index contributed by atoms with van der Waals surface area (Å²) in [6.45, 7) is 8.90. The first-order valence-electron chi connectivity index (χ1n) is 6.71. The average Bonchev–Trinajstić information content (AvgIpc) is 2.84. The van der Waals surface area contributed by atoms with Gasteiger partial charge in [-0.1, -0.05) is 27.2 Å². The number of ether oxygens (including phenoxy) is 1. The van der Waals surface area contributed by atoms with Crippen molar-refractivity contribution in [3.63, 3.8) is 0 Å². The van der Waals surface area contributed by atoms with E-state index in [0.717, 1.165) is 25.5 Å². The molecule has 1 saturated carbocycles. The summed E-state index contributed by atoms with van der Waals surface area (Å²) in [5.41, 5.74) is 0.458. The fraction of sp³-hybridized carbons (Fsp3) is 0.857. The molecule has 0 spiro atoms. The zero-order chi connectivity index (χ0) is 11.6. The van der Waals surface area contributed by atoms with Crippen LogP contribution in [-0.4, -0.2) is 19.2 Å². The molecule has 1 N–H and O–H groups in total. The molecule has 2 nitrogen and oxygen atoms in total. The van der Waals surface area contributed by atoms with E-state index in [0.29, 0.717) is 11.5 Å². The second kappa shape index (κ2) is 4.79. The molecular weight excluding hydrogens is 198 g/mol. The summed E-state index contributed by atoms with van der Waals surface area (Å²) < 4.78 is 5.77. The van der Waals surface area contributed by atoms with E-state index in [1.807, 2.05) is 0 Å². The maximum Gasteiger partial charge on any atom is 0.109 e. The van der Waals surface area contributed by atoms with Gasteiger partial charge in [-0.25, -0.2) is 0 Å². The van der Waals surface area contributed by atoms with Crippen molar-refractivity contribution in [2.75, 3.05) is 13.2 Å². The Kier molecular flexibility index (Phi) is 3.58. The zero-order valence-corrected chi connectivity index (χ0v) is 10.9. The molecule has 0 radical (unpaired) electrons. The smallest absolute Gasteiger partial charge is 0.109 e. The maximum atomic E-state index is 5.77. The van der Waals surface area contributed by atoms with E-state index < -0.39 is 0 Å². The molecular formula is C14H25NO. The maximum absolute atomic E-state index is 5.77. The quantitative estimate of drug-likeness (QED) is 0.790. The molecule has 0 saturated heterocycles.